The molecule has 0 N–H and O–H groups in total. The number of Topliss-reactive ketones (excluding diaryl/α,β-unsaturated/α-hetero) is 1. The number of carbonyl (C=O) groups excluding carboxylic acids is 2. The van der Waals surface area contributed by atoms with Crippen LogP contribution >= 0.6 is 0 Å². The second-order valence-electron chi connectivity index (χ2n) is 6.52. The second-order valence-corrected chi connectivity index (χ2v) is 6.52. The van der Waals surface area contributed by atoms with Gasteiger partial charge in [-0.2, -0.15) is 0 Å². The summed E-state index contributed by atoms with van der Waals surface area (Å²) in [6, 6.07) is 0. The lowest BCUT2D eigenvalue weighted by atomic mass is 9.84. The van der Waals surface area contributed by atoms with Crippen LogP contribution in [0.2, 0.25) is 0 Å². The normalized spacial score (nSPS) is 28.0. The number of methoxy groups -OCH3 is 1. The maximum Gasteiger partial charge on any atom is 0.374 e. The Kier molecular flexibility index (Phi) is 6.28. The molecule has 0 spiro atoms. The van der Waals surface area contributed by atoms with Gasteiger partial charge in [0.2, 0.25) is 5.78 Å². The molecule has 0 unspecified atom stereocenters. The van der Waals surface area contributed by atoms with Crippen molar-refractivity contribution in [2.24, 2.45) is 5.41 Å². The number of alkyl halides is 1. The summed E-state index contributed by atoms with van der Waals surface area (Å²) in [7, 11) is 1.14. The van der Waals surface area contributed by atoms with Gasteiger partial charge in [-0.1, -0.05) is 20.8 Å². The molecule has 1 fully saturated rings. The fourth-order valence-corrected chi connectivity index (χ4v) is 2.25. The van der Waals surface area contributed by atoms with Crippen LogP contribution in [-0.2, 0) is 23.8 Å². The van der Waals surface area contributed by atoms with Crippen molar-refractivity contribution in [2.45, 2.75) is 71.6 Å². The van der Waals surface area contributed by atoms with Gasteiger partial charge in [0.15, 0.2) is 12.5 Å². The number of ether oxygens (including phenoxy) is 3. The Morgan fingerprint density at radius 3 is 2.48 bits per heavy atom. The van der Waals surface area contributed by atoms with Gasteiger partial charge < -0.3 is 14.2 Å². The second kappa shape index (κ2) is 7.31. The van der Waals surface area contributed by atoms with Crippen molar-refractivity contribution >= 4 is 11.8 Å². The van der Waals surface area contributed by atoms with Crippen molar-refractivity contribution in [1.29, 1.82) is 0 Å². The van der Waals surface area contributed by atoms with E-state index >= 15 is 0 Å². The van der Waals surface area contributed by atoms with E-state index in [0.29, 0.717) is 12.8 Å². The van der Waals surface area contributed by atoms with Crippen molar-refractivity contribution in [3.05, 3.63) is 0 Å². The van der Waals surface area contributed by atoms with Crippen molar-refractivity contribution in [3.63, 3.8) is 0 Å². The molecule has 0 bridgehead atoms. The smallest absolute Gasteiger partial charge is 0.374 e. The molecule has 0 aromatic heterocycles. The molecule has 1 aliphatic heterocycles. The highest BCUT2D eigenvalue weighted by Crippen LogP contribution is 2.34. The van der Waals surface area contributed by atoms with E-state index in [1.165, 1.54) is 0 Å². The standard InChI is InChI=1S/C15H25FO5/c1-9(8-11(17)13(18)19-5)20-14-10(16)6-7-12(21-14)15(2,3)4/h9-10,12,14H,6-8H2,1-5H3/t9-,10-,12+,14+/m1/s1. The summed E-state index contributed by atoms with van der Waals surface area (Å²) in [6.07, 6.45) is -2.08. The van der Waals surface area contributed by atoms with Gasteiger partial charge in [-0.3, -0.25) is 4.79 Å². The molecule has 1 aliphatic rings. The van der Waals surface area contributed by atoms with Crippen molar-refractivity contribution in [2.75, 3.05) is 7.11 Å². The molecule has 0 aliphatic carbocycles. The SMILES string of the molecule is COC(=O)C(=O)C[C@@H](C)O[C@H]1O[C@H](C(C)(C)C)CC[C@H]1F. The average Bonchev–Trinajstić information content (AvgIpc) is 2.38. The first kappa shape index (κ1) is 18.0. The van der Waals surface area contributed by atoms with Crippen LogP contribution in [0.4, 0.5) is 4.39 Å². The molecule has 4 atom stereocenters. The number of carbonyl (C=O) groups is 2. The van der Waals surface area contributed by atoms with Gasteiger partial charge in [-0.15, -0.1) is 0 Å². The minimum absolute atomic E-state index is 0.0991. The molecule has 6 heteroatoms. The number of rotatable bonds is 5. The maximum atomic E-state index is 13.9. The molecule has 1 rings (SSSR count). The first-order valence-corrected chi connectivity index (χ1v) is 7.21. The summed E-state index contributed by atoms with van der Waals surface area (Å²) in [5.74, 6) is -1.61. The molecule has 0 radical (unpaired) electrons. The largest absolute Gasteiger partial charge is 0.463 e. The van der Waals surface area contributed by atoms with Gasteiger partial charge in [0.1, 0.15) is 0 Å². The van der Waals surface area contributed by atoms with Crippen LogP contribution in [0, 0.1) is 5.41 Å². The van der Waals surface area contributed by atoms with E-state index in [0.717, 1.165) is 7.11 Å². The van der Waals surface area contributed by atoms with Crippen LogP contribution < -0.4 is 0 Å². The lowest BCUT2D eigenvalue weighted by Crippen LogP contribution is -2.45. The minimum Gasteiger partial charge on any atom is -0.463 e. The molecule has 5 nitrogen and oxygen atoms in total. The molecule has 0 aromatic rings. The average molecular weight is 304 g/mol. The predicted octanol–water partition coefficient (Wildman–Crippen LogP) is 2.41. The van der Waals surface area contributed by atoms with Crippen LogP contribution in [0.25, 0.3) is 0 Å². The van der Waals surface area contributed by atoms with E-state index in [-0.39, 0.29) is 17.9 Å². The first-order valence-electron chi connectivity index (χ1n) is 7.21. The molecular formula is C15H25FO5. The lowest BCUT2D eigenvalue weighted by Gasteiger charge is -2.39. The number of hydrogen-bond acceptors (Lipinski definition) is 5. The molecule has 1 heterocycles. The Hall–Kier alpha value is -1.01. The summed E-state index contributed by atoms with van der Waals surface area (Å²) in [4.78, 5) is 22.5. The summed E-state index contributed by atoms with van der Waals surface area (Å²) < 4.78 is 29.4. The molecule has 0 aromatic carbocycles. The number of esters is 1. The van der Waals surface area contributed by atoms with Crippen LogP contribution in [0.1, 0.15) is 47.0 Å². The lowest BCUT2D eigenvalue weighted by molar-refractivity contribution is -0.256. The number of hydrogen-bond donors (Lipinski definition) is 0. The van der Waals surface area contributed by atoms with E-state index in [4.69, 9.17) is 9.47 Å². The van der Waals surface area contributed by atoms with E-state index in [2.05, 4.69) is 4.74 Å². The summed E-state index contributed by atoms with van der Waals surface area (Å²) in [5.41, 5.74) is -0.104. The van der Waals surface area contributed by atoms with E-state index < -0.39 is 30.3 Å². The van der Waals surface area contributed by atoms with Gasteiger partial charge in [0, 0.05) is 6.42 Å². The van der Waals surface area contributed by atoms with Crippen LogP contribution in [0.5, 0.6) is 0 Å². The first-order chi connectivity index (χ1) is 9.65. The van der Waals surface area contributed by atoms with Crippen molar-refractivity contribution in [1.82, 2.24) is 0 Å². The quantitative estimate of drug-likeness (QED) is 0.576. The highest BCUT2D eigenvalue weighted by atomic mass is 19.1. The minimum atomic E-state index is -1.22. The van der Waals surface area contributed by atoms with Gasteiger partial charge in [-0.05, 0) is 25.2 Å². The molecular weight excluding hydrogens is 279 g/mol. The molecule has 0 amide bonds. The Morgan fingerprint density at radius 1 is 1.33 bits per heavy atom. The Balaban J connectivity index is 2.55. The Labute approximate surface area is 125 Å². The van der Waals surface area contributed by atoms with Crippen molar-refractivity contribution in [3.8, 4) is 0 Å². The van der Waals surface area contributed by atoms with E-state index in [9.17, 15) is 14.0 Å². The molecule has 0 saturated carbocycles. The maximum absolute atomic E-state index is 13.9. The third-order valence-electron chi connectivity index (χ3n) is 3.52. The topological polar surface area (TPSA) is 61.8 Å². The van der Waals surface area contributed by atoms with Crippen molar-refractivity contribution < 1.29 is 28.2 Å². The van der Waals surface area contributed by atoms with Crippen LogP contribution in [0.15, 0.2) is 0 Å². The predicted molar refractivity (Wildman–Crippen MR) is 74.4 cm³/mol. The summed E-state index contributed by atoms with van der Waals surface area (Å²) in [5, 5.41) is 0. The summed E-state index contributed by atoms with van der Waals surface area (Å²) in [6.45, 7) is 7.68. The Morgan fingerprint density at radius 2 is 1.95 bits per heavy atom. The van der Waals surface area contributed by atoms with Crippen LogP contribution in [-0.4, -0.2) is 43.5 Å². The fourth-order valence-electron chi connectivity index (χ4n) is 2.25. The highest BCUT2D eigenvalue weighted by molar-refractivity contribution is 6.33. The van der Waals surface area contributed by atoms with Gasteiger partial charge in [0.05, 0.1) is 19.3 Å². The summed E-state index contributed by atoms with van der Waals surface area (Å²) >= 11 is 0. The monoisotopic (exact) mass is 304 g/mol. The number of ketones is 1. The zero-order valence-electron chi connectivity index (χ0n) is 13.3. The van der Waals surface area contributed by atoms with Crippen LogP contribution in [0.3, 0.4) is 0 Å². The van der Waals surface area contributed by atoms with E-state index in [1.807, 2.05) is 20.8 Å². The van der Waals surface area contributed by atoms with Gasteiger partial charge in [-0.25, -0.2) is 9.18 Å². The zero-order chi connectivity index (χ0) is 16.2. The molecule has 1 saturated heterocycles. The molecule has 21 heavy (non-hydrogen) atoms. The van der Waals surface area contributed by atoms with Gasteiger partial charge in [0.25, 0.3) is 0 Å². The third-order valence-corrected chi connectivity index (χ3v) is 3.52. The highest BCUT2D eigenvalue weighted by Gasteiger charge is 2.38. The fraction of sp³-hybridized carbons (Fsp3) is 0.867. The zero-order valence-corrected chi connectivity index (χ0v) is 13.3. The Bertz CT molecular complexity index is 377. The third kappa shape index (κ3) is 5.36. The number of halogens is 1. The molecule has 122 valence electrons. The van der Waals surface area contributed by atoms with E-state index in [1.54, 1.807) is 6.92 Å². The van der Waals surface area contributed by atoms with Gasteiger partial charge >= 0.3 is 5.97 Å².